The Morgan fingerprint density at radius 2 is 1.94 bits per heavy atom. The fourth-order valence-corrected chi connectivity index (χ4v) is 5.06. The molecule has 0 amide bonds. The summed E-state index contributed by atoms with van der Waals surface area (Å²) >= 11 is 13.1. The van der Waals surface area contributed by atoms with Gasteiger partial charge in [-0.3, -0.25) is 9.59 Å². The molecule has 1 aromatic carbocycles. The highest BCUT2D eigenvalue weighted by atomic mass is 35.5. The average Bonchev–Trinajstić information content (AvgIpc) is 3.01. The van der Waals surface area contributed by atoms with Crippen molar-refractivity contribution in [3.63, 3.8) is 0 Å². The molecule has 2 aliphatic rings. The second-order valence-corrected chi connectivity index (χ2v) is 9.74. The van der Waals surface area contributed by atoms with E-state index in [1.54, 1.807) is 12.1 Å². The summed E-state index contributed by atoms with van der Waals surface area (Å²) in [6.07, 6.45) is 4.77. The van der Waals surface area contributed by atoms with Gasteiger partial charge in [-0.25, -0.2) is 4.79 Å². The van der Waals surface area contributed by atoms with Crippen molar-refractivity contribution in [3.8, 4) is 5.75 Å². The van der Waals surface area contributed by atoms with E-state index < -0.39 is 23.5 Å². The van der Waals surface area contributed by atoms with Crippen molar-refractivity contribution < 1.29 is 29.3 Å². The first-order valence-corrected chi connectivity index (χ1v) is 11.1. The molecule has 3 rings (SSSR count). The second-order valence-electron chi connectivity index (χ2n) is 8.98. The highest BCUT2D eigenvalue weighted by Crippen LogP contribution is 2.58. The number of hydrogen-bond acceptors (Lipinski definition) is 4. The van der Waals surface area contributed by atoms with E-state index in [4.69, 9.17) is 27.9 Å². The fourth-order valence-electron chi connectivity index (χ4n) is 4.55. The molecule has 8 heteroatoms. The number of aliphatic carboxylic acids is 2. The molecular weight excluding hydrogens is 443 g/mol. The third kappa shape index (κ3) is 4.08. The number of allylic oxidation sites excluding steroid dienone is 2. The number of halogens is 2. The van der Waals surface area contributed by atoms with Gasteiger partial charge in [0.1, 0.15) is 16.2 Å². The van der Waals surface area contributed by atoms with Gasteiger partial charge in [-0.15, -0.1) is 0 Å². The molecule has 0 fully saturated rings. The molecular formula is C23H26Cl2O6. The maximum atomic E-state index is 12.2. The van der Waals surface area contributed by atoms with E-state index >= 15 is 0 Å². The summed E-state index contributed by atoms with van der Waals surface area (Å²) in [7, 11) is 0. The number of rotatable bonds is 8. The first-order valence-electron chi connectivity index (χ1n) is 10.3. The van der Waals surface area contributed by atoms with Gasteiger partial charge in [-0.1, -0.05) is 43.0 Å². The van der Waals surface area contributed by atoms with Crippen LogP contribution in [0.15, 0.2) is 12.1 Å². The van der Waals surface area contributed by atoms with Crippen molar-refractivity contribution in [1.29, 1.82) is 0 Å². The van der Waals surface area contributed by atoms with Crippen LogP contribution in [0.3, 0.4) is 0 Å². The number of ketones is 1. The minimum atomic E-state index is -1.70. The van der Waals surface area contributed by atoms with Crippen LogP contribution in [0.2, 0.25) is 10.0 Å². The molecule has 2 atom stereocenters. The summed E-state index contributed by atoms with van der Waals surface area (Å²) in [4.78, 5) is 35.6. The Kier molecular flexibility index (Phi) is 6.45. The Bertz CT molecular complexity index is 981. The summed E-state index contributed by atoms with van der Waals surface area (Å²) in [5.74, 6) is -2.64. The first kappa shape index (κ1) is 23.6. The third-order valence-electron chi connectivity index (χ3n) is 6.46. The van der Waals surface area contributed by atoms with Gasteiger partial charge in [0, 0.05) is 17.4 Å². The quantitative estimate of drug-likeness (QED) is 0.528. The molecule has 0 aromatic heterocycles. The van der Waals surface area contributed by atoms with Crippen molar-refractivity contribution in [2.75, 3.05) is 0 Å². The van der Waals surface area contributed by atoms with E-state index in [1.165, 1.54) is 13.8 Å². The lowest BCUT2D eigenvalue weighted by Crippen LogP contribution is -2.46. The van der Waals surface area contributed by atoms with E-state index in [1.807, 2.05) is 0 Å². The lowest BCUT2D eigenvalue weighted by Gasteiger charge is -2.34. The molecule has 1 aromatic rings. The van der Waals surface area contributed by atoms with Crippen molar-refractivity contribution >= 4 is 46.5 Å². The van der Waals surface area contributed by atoms with Crippen molar-refractivity contribution in [2.24, 2.45) is 10.8 Å². The Morgan fingerprint density at radius 3 is 2.52 bits per heavy atom. The molecule has 0 aliphatic heterocycles. The van der Waals surface area contributed by atoms with Gasteiger partial charge in [0.15, 0.2) is 5.78 Å². The molecule has 0 bridgehead atoms. The molecule has 168 valence electrons. The highest BCUT2D eigenvalue weighted by Gasteiger charge is 2.47. The summed E-state index contributed by atoms with van der Waals surface area (Å²) < 4.78 is 5.64. The number of fused-ring (bicyclic) bond motifs is 3. The van der Waals surface area contributed by atoms with Crippen LogP contribution in [0.1, 0.15) is 64.0 Å². The van der Waals surface area contributed by atoms with Crippen LogP contribution in [0.5, 0.6) is 5.75 Å². The van der Waals surface area contributed by atoms with Crippen molar-refractivity contribution in [2.45, 2.75) is 65.4 Å². The van der Waals surface area contributed by atoms with Crippen LogP contribution in [0.25, 0.3) is 5.57 Å². The van der Waals surface area contributed by atoms with E-state index in [0.717, 1.165) is 36.8 Å². The van der Waals surface area contributed by atoms with Gasteiger partial charge in [0.2, 0.25) is 6.10 Å². The van der Waals surface area contributed by atoms with Crippen LogP contribution in [-0.4, -0.2) is 34.0 Å². The minimum absolute atomic E-state index is 0.0121. The summed E-state index contributed by atoms with van der Waals surface area (Å²) in [5.41, 5.74) is 0.536. The number of carbonyl (C=O) groups excluding carboxylic acids is 1. The number of carbonyl (C=O) groups is 3. The molecule has 0 spiro atoms. The predicted molar refractivity (Wildman–Crippen MR) is 118 cm³/mol. The summed E-state index contributed by atoms with van der Waals surface area (Å²) in [5, 5.41) is 19.3. The molecule has 0 heterocycles. The number of carboxylic acid groups (broad SMARTS) is 2. The standard InChI is InChI=1S/C23H26Cl2O6/c1-4-5-7-23-8-6-13(26)10-14(23)16-12(11-23)9-15(17(24)18(16)25)31-19(20(27)28)22(2,3)21(29)30/h9-10,19H,4-8,11H2,1-3H3,(H,27,28)(H,29,30). The molecule has 0 saturated heterocycles. The largest absolute Gasteiger partial charge is 0.481 e. The Labute approximate surface area is 191 Å². The number of hydrogen-bond donors (Lipinski definition) is 2. The minimum Gasteiger partial charge on any atom is -0.481 e. The molecule has 0 radical (unpaired) electrons. The topological polar surface area (TPSA) is 101 Å². The molecule has 2 N–H and O–H groups in total. The van der Waals surface area contributed by atoms with E-state index in [-0.39, 0.29) is 27.0 Å². The molecule has 0 saturated carbocycles. The van der Waals surface area contributed by atoms with Gasteiger partial charge >= 0.3 is 11.9 Å². The van der Waals surface area contributed by atoms with Crippen LogP contribution < -0.4 is 4.74 Å². The van der Waals surface area contributed by atoms with Crippen LogP contribution in [0.4, 0.5) is 0 Å². The average molecular weight is 469 g/mol. The lowest BCUT2D eigenvalue weighted by molar-refractivity contribution is -0.164. The Morgan fingerprint density at radius 1 is 1.26 bits per heavy atom. The van der Waals surface area contributed by atoms with E-state index in [9.17, 15) is 24.6 Å². The molecule has 2 aliphatic carbocycles. The Balaban J connectivity index is 2.08. The lowest BCUT2D eigenvalue weighted by atomic mass is 9.69. The van der Waals surface area contributed by atoms with Crippen LogP contribution >= 0.6 is 23.2 Å². The van der Waals surface area contributed by atoms with Crippen molar-refractivity contribution in [3.05, 3.63) is 33.3 Å². The van der Waals surface area contributed by atoms with Gasteiger partial charge in [0.25, 0.3) is 0 Å². The molecule has 6 nitrogen and oxygen atoms in total. The number of ether oxygens (including phenoxy) is 1. The predicted octanol–water partition coefficient (Wildman–Crippen LogP) is 5.42. The molecule has 2 unspecified atom stereocenters. The van der Waals surface area contributed by atoms with Gasteiger partial charge in [0.05, 0.1) is 5.02 Å². The Hall–Kier alpha value is -2.05. The normalized spacial score (nSPS) is 21.2. The van der Waals surface area contributed by atoms with E-state index in [0.29, 0.717) is 18.4 Å². The fraction of sp³-hybridized carbons (Fsp3) is 0.522. The zero-order valence-electron chi connectivity index (χ0n) is 17.8. The van der Waals surface area contributed by atoms with E-state index in [2.05, 4.69) is 6.92 Å². The monoisotopic (exact) mass is 468 g/mol. The van der Waals surface area contributed by atoms with Crippen LogP contribution in [-0.2, 0) is 20.8 Å². The SMILES string of the molecule is CCCCC12CCC(=O)C=C1c1c(cc(OC(C(=O)O)C(C)(C)C(=O)O)c(Cl)c1Cl)C2. The van der Waals surface area contributed by atoms with Gasteiger partial charge in [-0.05, 0) is 56.4 Å². The first-order chi connectivity index (χ1) is 14.4. The van der Waals surface area contributed by atoms with Gasteiger partial charge in [-0.2, -0.15) is 0 Å². The number of unbranched alkanes of at least 4 members (excludes halogenated alkanes) is 1. The number of benzene rings is 1. The smallest absolute Gasteiger partial charge is 0.346 e. The highest BCUT2D eigenvalue weighted by molar-refractivity contribution is 6.44. The second kappa shape index (κ2) is 8.47. The van der Waals surface area contributed by atoms with Crippen LogP contribution in [0, 0.1) is 10.8 Å². The molecule has 31 heavy (non-hydrogen) atoms. The maximum absolute atomic E-state index is 12.2. The van der Waals surface area contributed by atoms with Gasteiger partial charge < -0.3 is 14.9 Å². The zero-order chi connectivity index (χ0) is 23.1. The van der Waals surface area contributed by atoms with Crippen molar-refractivity contribution in [1.82, 2.24) is 0 Å². The zero-order valence-corrected chi connectivity index (χ0v) is 19.3. The maximum Gasteiger partial charge on any atom is 0.346 e. The number of carboxylic acids is 2. The summed E-state index contributed by atoms with van der Waals surface area (Å²) in [6.45, 7) is 4.67. The third-order valence-corrected chi connectivity index (χ3v) is 7.31. The summed E-state index contributed by atoms with van der Waals surface area (Å²) in [6, 6.07) is 1.65.